The first-order valence-electron chi connectivity index (χ1n) is 10.8. The minimum absolute atomic E-state index is 0.0301. The number of hydrogen-bond donors (Lipinski definition) is 2. The number of benzene rings is 3. The maximum Gasteiger partial charge on any atom is 0.387 e. The highest BCUT2D eigenvalue weighted by molar-refractivity contribution is 6.04. The van der Waals surface area contributed by atoms with E-state index in [2.05, 4.69) is 10.1 Å². The highest BCUT2D eigenvalue weighted by Gasteiger charge is 2.28. The summed E-state index contributed by atoms with van der Waals surface area (Å²) < 4.78 is 35.1. The zero-order chi connectivity index (χ0) is 24.9. The molecule has 34 heavy (non-hydrogen) atoms. The minimum Gasteiger partial charge on any atom is -0.487 e. The van der Waals surface area contributed by atoms with E-state index in [-0.39, 0.29) is 29.8 Å². The second-order valence-corrected chi connectivity index (χ2v) is 9.10. The first-order valence-corrected chi connectivity index (χ1v) is 10.8. The zero-order valence-electron chi connectivity index (χ0n) is 19.2. The van der Waals surface area contributed by atoms with Gasteiger partial charge in [-0.2, -0.15) is 8.78 Å². The van der Waals surface area contributed by atoms with Gasteiger partial charge in [-0.05, 0) is 41.0 Å². The van der Waals surface area contributed by atoms with Crippen LogP contribution in [0.2, 0.25) is 0 Å². The van der Waals surface area contributed by atoms with Crippen molar-refractivity contribution in [3.05, 3.63) is 71.8 Å². The van der Waals surface area contributed by atoms with Crippen LogP contribution in [0.15, 0.2) is 60.7 Å². The maximum absolute atomic E-state index is 13.1. The van der Waals surface area contributed by atoms with E-state index in [1.807, 2.05) is 45.0 Å². The molecule has 1 atom stereocenters. The molecule has 6 nitrogen and oxygen atoms in total. The monoisotopic (exact) mass is 471 g/mol. The van der Waals surface area contributed by atoms with Gasteiger partial charge in [-0.1, -0.05) is 63.2 Å². The fourth-order valence-corrected chi connectivity index (χ4v) is 3.55. The van der Waals surface area contributed by atoms with Crippen molar-refractivity contribution in [1.29, 1.82) is 0 Å². The van der Waals surface area contributed by atoms with Crippen LogP contribution in [-0.4, -0.2) is 29.6 Å². The van der Waals surface area contributed by atoms with Gasteiger partial charge < -0.3 is 19.9 Å². The Bertz CT molecular complexity index is 1160. The zero-order valence-corrected chi connectivity index (χ0v) is 19.2. The largest absolute Gasteiger partial charge is 0.487 e. The molecule has 0 saturated carbocycles. The molecule has 0 unspecified atom stereocenters. The van der Waals surface area contributed by atoms with Crippen molar-refractivity contribution in [2.24, 2.45) is 5.41 Å². The van der Waals surface area contributed by atoms with Gasteiger partial charge in [0.25, 0.3) is 5.91 Å². The lowest BCUT2D eigenvalue weighted by molar-refractivity contribution is -0.140. The molecule has 1 amide bonds. The Morgan fingerprint density at radius 1 is 1.00 bits per heavy atom. The Balaban J connectivity index is 1.88. The van der Waals surface area contributed by atoms with Crippen molar-refractivity contribution < 1.29 is 33.0 Å². The van der Waals surface area contributed by atoms with Crippen molar-refractivity contribution in [2.45, 2.75) is 46.5 Å². The molecule has 0 saturated heterocycles. The van der Waals surface area contributed by atoms with Crippen LogP contribution in [0.4, 0.5) is 8.78 Å². The third-order valence-electron chi connectivity index (χ3n) is 5.08. The van der Waals surface area contributed by atoms with Crippen molar-refractivity contribution in [3.8, 4) is 11.5 Å². The number of carboxylic acid groups (broad SMARTS) is 1. The molecule has 0 heterocycles. The van der Waals surface area contributed by atoms with E-state index in [1.165, 1.54) is 12.1 Å². The van der Waals surface area contributed by atoms with Gasteiger partial charge in [0.15, 0.2) is 0 Å². The molecule has 0 aliphatic heterocycles. The van der Waals surface area contributed by atoms with Crippen LogP contribution < -0.4 is 14.8 Å². The molecule has 0 aliphatic rings. The molecule has 3 aromatic rings. The second-order valence-electron chi connectivity index (χ2n) is 9.10. The average Bonchev–Trinajstić information content (AvgIpc) is 2.76. The molecule has 0 fully saturated rings. The Kier molecular flexibility index (Phi) is 7.71. The van der Waals surface area contributed by atoms with Gasteiger partial charge >= 0.3 is 12.6 Å². The van der Waals surface area contributed by atoms with E-state index in [0.717, 1.165) is 5.39 Å². The Morgan fingerprint density at radius 3 is 2.29 bits per heavy atom. The number of rotatable bonds is 9. The molecule has 0 aromatic heterocycles. The summed E-state index contributed by atoms with van der Waals surface area (Å²) in [6.45, 7) is 2.85. The topological polar surface area (TPSA) is 84.9 Å². The normalized spacial score (nSPS) is 12.4. The minimum atomic E-state index is -2.91. The average molecular weight is 472 g/mol. The first-order chi connectivity index (χ1) is 16.0. The lowest BCUT2D eigenvalue weighted by atomic mass is 9.88. The third kappa shape index (κ3) is 6.66. The molecular weight excluding hydrogens is 444 g/mol. The van der Waals surface area contributed by atoms with E-state index >= 15 is 0 Å². The van der Waals surface area contributed by atoms with Gasteiger partial charge in [-0.3, -0.25) is 4.79 Å². The number of aliphatic carboxylic acids is 1. The molecular formula is C26H27F2NO5. The number of fused-ring (bicyclic) bond motifs is 1. The molecule has 3 aromatic carbocycles. The van der Waals surface area contributed by atoms with E-state index in [4.69, 9.17) is 4.74 Å². The quantitative estimate of drug-likeness (QED) is 0.422. The highest BCUT2D eigenvalue weighted by Crippen LogP contribution is 2.31. The lowest BCUT2D eigenvalue weighted by Crippen LogP contribution is -2.43. The van der Waals surface area contributed by atoms with Crippen molar-refractivity contribution >= 4 is 22.6 Å². The predicted octanol–water partition coefficient (Wildman–Crippen LogP) is 5.64. The summed E-state index contributed by atoms with van der Waals surface area (Å²) in [4.78, 5) is 24.9. The standard InChI is InChI=1S/C26H27F2NO5/c1-26(2,3)14-21(24(31)32)29-23(30)20-13-10-17-6-4-5-7-19(17)22(20)33-15-16-8-11-18(12-9-16)34-25(27)28/h4-13,21,25H,14-15H2,1-3H3,(H,29,30)(H,31,32)/t21-/m0/s1. The smallest absolute Gasteiger partial charge is 0.387 e. The number of nitrogens with one attached hydrogen (secondary N) is 1. The fourth-order valence-electron chi connectivity index (χ4n) is 3.55. The summed E-state index contributed by atoms with van der Waals surface area (Å²) in [7, 11) is 0. The number of hydrogen-bond acceptors (Lipinski definition) is 4. The molecule has 0 aliphatic carbocycles. The van der Waals surface area contributed by atoms with Gasteiger partial charge in [0.05, 0.1) is 5.56 Å². The lowest BCUT2D eigenvalue weighted by Gasteiger charge is -2.24. The molecule has 0 spiro atoms. The number of alkyl halides is 2. The predicted molar refractivity (Wildman–Crippen MR) is 124 cm³/mol. The summed E-state index contributed by atoms with van der Waals surface area (Å²) in [6, 6.07) is 15.7. The van der Waals surface area contributed by atoms with Crippen LogP contribution in [0.3, 0.4) is 0 Å². The number of ether oxygens (including phenoxy) is 2. The van der Waals surface area contributed by atoms with E-state index in [9.17, 15) is 23.5 Å². The van der Waals surface area contributed by atoms with Crippen LogP contribution in [0.5, 0.6) is 11.5 Å². The summed E-state index contributed by atoms with van der Waals surface area (Å²) in [5.74, 6) is -1.33. The van der Waals surface area contributed by atoms with Gasteiger partial charge in [0.1, 0.15) is 24.1 Å². The summed E-state index contributed by atoms with van der Waals surface area (Å²) >= 11 is 0. The highest BCUT2D eigenvalue weighted by atomic mass is 19.3. The SMILES string of the molecule is CC(C)(C)C[C@H](NC(=O)c1ccc2ccccc2c1OCc1ccc(OC(F)F)cc1)C(=O)O. The first kappa shape index (κ1) is 25.0. The van der Waals surface area contributed by atoms with Crippen LogP contribution in [0.1, 0.15) is 43.1 Å². The maximum atomic E-state index is 13.1. The second kappa shape index (κ2) is 10.5. The van der Waals surface area contributed by atoms with Crippen molar-refractivity contribution in [2.75, 3.05) is 0 Å². The fraction of sp³-hybridized carbons (Fsp3) is 0.308. The number of halogens is 2. The molecule has 180 valence electrons. The van der Waals surface area contributed by atoms with Crippen molar-refractivity contribution in [3.63, 3.8) is 0 Å². The molecule has 0 radical (unpaired) electrons. The molecule has 8 heteroatoms. The summed E-state index contributed by atoms with van der Waals surface area (Å²) in [5.41, 5.74) is 0.577. The van der Waals surface area contributed by atoms with E-state index in [0.29, 0.717) is 16.7 Å². The van der Waals surface area contributed by atoms with E-state index < -0.39 is 24.5 Å². The molecule has 0 bridgehead atoms. The molecule has 2 N–H and O–H groups in total. The van der Waals surface area contributed by atoms with Gasteiger partial charge in [0.2, 0.25) is 0 Å². The van der Waals surface area contributed by atoms with Crippen LogP contribution >= 0.6 is 0 Å². The van der Waals surface area contributed by atoms with Crippen molar-refractivity contribution in [1.82, 2.24) is 5.32 Å². The number of carbonyl (C=O) groups excluding carboxylic acids is 1. The Hall–Kier alpha value is -3.68. The summed E-state index contributed by atoms with van der Waals surface area (Å²) in [6.07, 6.45) is 0.255. The van der Waals surface area contributed by atoms with Crippen LogP contribution in [0.25, 0.3) is 10.8 Å². The van der Waals surface area contributed by atoms with Gasteiger partial charge in [-0.15, -0.1) is 0 Å². The van der Waals surface area contributed by atoms with Gasteiger partial charge in [0, 0.05) is 5.39 Å². The Labute approximate surface area is 196 Å². The van der Waals surface area contributed by atoms with Crippen LogP contribution in [-0.2, 0) is 11.4 Å². The number of amides is 1. The van der Waals surface area contributed by atoms with Crippen LogP contribution in [0, 0.1) is 5.41 Å². The number of carboxylic acids is 1. The van der Waals surface area contributed by atoms with E-state index in [1.54, 1.807) is 24.3 Å². The molecule has 3 rings (SSSR count). The summed E-state index contributed by atoms with van der Waals surface area (Å²) in [5, 5.41) is 13.7. The number of carbonyl (C=O) groups is 2. The third-order valence-corrected chi connectivity index (χ3v) is 5.08. The van der Waals surface area contributed by atoms with Gasteiger partial charge in [-0.25, -0.2) is 4.79 Å². The Morgan fingerprint density at radius 2 is 1.68 bits per heavy atom.